The van der Waals surface area contributed by atoms with Crippen LogP contribution in [0, 0.1) is 5.21 Å². The normalized spacial score (nSPS) is 9.08. The van der Waals surface area contributed by atoms with Crippen molar-refractivity contribution in [2.45, 2.75) is 0 Å². The van der Waals surface area contributed by atoms with Gasteiger partial charge in [-0.05, 0) is 6.07 Å². The van der Waals surface area contributed by atoms with Gasteiger partial charge in [0, 0.05) is 6.07 Å². The van der Waals surface area contributed by atoms with Crippen LogP contribution >= 0.6 is 0 Å². The van der Waals surface area contributed by atoms with Crippen LogP contribution in [0.3, 0.4) is 0 Å². The Morgan fingerprint density at radius 2 is 2.50 bits per heavy atom. The molecule has 0 fully saturated rings. The third-order valence-corrected chi connectivity index (χ3v) is 1.21. The van der Waals surface area contributed by atoms with E-state index in [1.165, 1.54) is 25.6 Å². The Hall–Kier alpha value is -1.78. The number of pyridine rings is 1. The Labute approximate surface area is 69.2 Å². The summed E-state index contributed by atoms with van der Waals surface area (Å²) in [6, 6.07) is 3.11. The molecule has 0 aliphatic heterocycles. The number of rotatable bonds is 1. The standard InChI is InChI=1S/C7H8N2O3/c1-12-7(10)8-6-3-2-4-9(11)5-6/h2-5H,1H3,(H,8,10). The molecule has 12 heavy (non-hydrogen) atoms. The topological polar surface area (TPSA) is 65.3 Å². The van der Waals surface area contributed by atoms with E-state index in [0.717, 1.165) is 0 Å². The highest BCUT2D eigenvalue weighted by Crippen LogP contribution is 2.01. The molecular formula is C7H8N2O3. The largest absolute Gasteiger partial charge is 0.619 e. The second kappa shape index (κ2) is 3.56. The maximum absolute atomic E-state index is 10.7. The van der Waals surface area contributed by atoms with Crippen LogP contribution in [0.25, 0.3) is 0 Å². The van der Waals surface area contributed by atoms with E-state index >= 15 is 0 Å². The van der Waals surface area contributed by atoms with Gasteiger partial charge in [-0.2, -0.15) is 4.73 Å². The van der Waals surface area contributed by atoms with Crippen LogP contribution in [-0.4, -0.2) is 13.2 Å². The summed E-state index contributed by atoms with van der Waals surface area (Å²) < 4.78 is 4.92. The van der Waals surface area contributed by atoms with Crippen molar-refractivity contribution in [3.05, 3.63) is 29.7 Å². The number of anilines is 1. The Bertz CT molecular complexity index is 288. The predicted octanol–water partition coefficient (Wildman–Crippen LogP) is 0.498. The Morgan fingerprint density at radius 1 is 1.75 bits per heavy atom. The minimum atomic E-state index is -0.596. The summed E-state index contributed by atoms with van der Waals surface area (Å²) in [4.78, 5) is 10.6. The van der Waals surface area contributed by atoms with Crippen LogP contribution in [0.15, 0.2) is 24.5 Å². The Morgan fingerprint density at radius 3 is 3.08 bits per heavy atom. The summed E-state index contributed by atoms with van der Waals surface area (Å²) in [5, 5.41) is 13.0. The molecule has 0 radical (unpaired) electrons. The van der Waals surface area contributed by atoms with Crippen molar-refractivity contribution in [3.63, 3.8) is 0 Å². The monoisotopic (exact) mass is 168 g/mol. The molecule has 0 saturated heterocycles. The number of carbonyl (C=O) groups is 1. The second-order valence-corrected chi connectivity index (χ2v) is 2.07. The lowest BCUT2D eigenvalue weighted by Gasteiger charge is -2.01. The molecule has 1 amide bonds. The van der Waals surface area contributed by atoms with Gasteiger partial charge in [-0.3, -0.25) is 5.32 Å². The fourth-order valence-electron chi connectivity index (χ4n) is 0.698. The smallest absolute Gasteiger partial charge is 0.411 e. The summed E-state index contributed by atoms with van der Waals surface area (Å²) in [7, 11) is 1.25. The number of amides is 1. The number of nitrogens with zero attached hydrogens (tertiary/aromatic N) is 1. The third-order valence-electron chi connectivity index (χ3n) is 1.21. The zero-order valence-corrected chi connectivity index (χ0v) is 6.48. The maximum atomic E-state index is 10.7. The summed E-state index contributed by atoms with van der Waals surface area (Å²) >= 11 is 0. The SMILES string of the molecule is COC(=O)Nc1ccc[n+]([O-])c1. The third kappa shape index (κ3) is 2.12. The first-order chi connectivity index (χ1) is 5.72. The van der Waals surface area contributed by atoms with Gasteiger partial charge in [0.25, 0.3) is 0 Å². The number of ether oxygens (including phenoxy) is 1. The van der Waals surface area contributed by atoms with Crippen molar-refractivity contribution >= 4 is 11.8 Å². The lowest BCUT2D eigenvalue weighted by Crippen LogP contribution is -2.25. The molecule has 0 spiro atoms. The molecule has 1 heterocycles. The fraction of sp³-hybridized carbons (Fsp3) is 0.143. The van der Waals surface area contributed by atoms with E-state index in [1.807, 2.05) is 0 Å². The van der Waals surface area contributed by atoms with Crippen molar-refractivity contribution in [1.82, 2.24) is 0 Å². The fourth-order valence-corrected chi connectivity index (χ4v) is 0.698. The van der Waals surface area contributed by atoms with E-state index in [0.29, 0.717) is 10.4 Å². The first-order valence-electron chi connectivity index (χ1n) is 3.26. The highest BCUT2D eigenvalue weighted by Gasteiger charge is 2.01. The van der Waals surface area contributed by atoms with E-state index < -0.39 is 6.09 Å². The van der Waals surface area contributed by atoms with Crippen LogP contribution in [0.2, 0.25) is 0 Å². The molecule has 0 aliphatic carbocycles. The Kier molecular flexibility index (Phi) is 2.47. The summed E-state index contributed by atoms with van der Waals surface area (Å²) in [5.74, 6) is 0. The van der Waals surface area contributed by atoms with Crippen molar-refractivity contribution in [2.24, 2.45) is 0 Å². The molecule has 0 aliphatic rings. The molecule has 0 atom stereocenters. The van der Waals surface area contributed by atoms with Crippen molar-refractivity contribution < 1.29 is 14.3 Å². The molecule has 0 bridgehead atoms. The number of carbonyl (C=O) groups excluding carboxylic acids is 1. The van der Waals surface area contributed by atoms with Crippen LogP contribution in [-0.2, 0) is 4.74 Å². The first kappa shape index (κ1) is 8.32. The highest BCUT2D eigenvalue weighted by molar-refractivity contribution is 5.83. The molecule has 5 nitrogen and oxygen atoms in total. The molecule has 0 aromatic carbocycles. The number of hydrogen-bond acceptors (Lipinski definition) is 3. The zero-order valence-electron chi connectivity index (χ0n) is 6.48. The van der Waals surface area contributed by atoms with Gasteiger partial charge >= 0.3 is 6.09 Å². The van der Waals surface area contributed by atoms with Crippen LogP contribution in [0.4, 0.5) is 10.5 Å². The van der Waals surface area contributed by atoms with Crippen molar-refractivity contribution in [1.29, 1.82) is 0 Å². The molecule has 1 rings (SSSR count). The average Bonchev–Trinajstić information content (AvgIpc) is 2.04. The highest BCUT2D eigenvalue weighted by atomic mass is 16.5. The molecule has 0 saturated carbocycles. The average molecular weight is 168 g/mol. The minimum Gasteiger partial charge on any atom is -0.619 e. The quantitative estimate of drug-likeness (QED) is 0.490. The molecule has 1 aromatic rings. The van der Waals surface area contributed by atoms with Crippen molar-refractivity contribution in [2.75, 3.05) is 12.4 Å². The van der Waals surface area contributed by atoms with Gasteiger partial charge in [0.1, 0.15) is 5.69 Å². The number of aromatic nitrogens is 1. The predicted molar refractivity (Wildman–Crippen MR) is 41.4 cm³/mol. The summed E-state index contributed by atoms with van der Waals surface area (Å²) in [5.41, 5.74) is 0.402. The van der Waals surface area contributed by atoms with Gasteiger partial charge in [0.2, 0.25) is 6.20 Å². The van der Waals surface area contributed by atoms with Crippen LogP contribution < -0.4 is 10.0 Å². The number of methoxy groups -OCH3 is 1. The number of nitrogens with one attached hydrogen (secondary N) is 1. The molecule has 1 aromatic heterocycles. The van der Waals surface area contributed by atoms with E-state index in [4.69, 9.17) is 0 Å². The minimum absolute atomic E-state index is 0.402. The summed E-state index contributed by atoms with van der Waals surface area (Å²) in [6.45, 7) is 0. The van der Waals surface area contributed by atoms with Crippen LogP contribution in [0.5, 0.6) is 0 Å². The molecular weight excluding hydrogens is 160 g/mol. The maximum Gasteiger partial charge on any atom is 0.411 e. The zero-order chi connectivity index (χ0) is 8.97. The van der Waals surface area contributed by atoms with E-state index in [9.17, 15) is 10.0 Å². The van der Waals surface area contributed by atoms with E-state index in [1.54, 1.807) is 6.07 Å². The molecule has 0 unspecified atom stereocenters. The molecule has 5 heteroatoms. The lowest BCUT2D eigenvalue weighted by molar-refractivity contribution is -0.604. The van der Waals surface area contributed by atoms with Crippen molar-refractivity contribution in [3.8, 4) is 0 Å². The lowest BCUT2D eigenvalue weighted by atomic mass is 10.4. The summed E-state index contributed by atoms with van der Waals surface area (Å²) in [6.07, 6.45) is 1.96. The molecule has 64 valence electrons. The van der Waals surface area contributed by atoms with E-state index in [-0.39, 0.29) is 0 Å². The Balaban J connectivity index is 2.69. The number of hydrogen-bond donors (Lipinski definition) is 1. The van der Waals surface area contributed by atoms with Gasteiger partial charge in [-0.15, -0.1) is 0 Å². The van der Waals surface area contributed by atoms with Gasteiger partial charge in [-0.25, -0.2) is 4.79 Å². The molecule has 1 N–H and O–H groups in total. The first-order valence-corrected chi connectivity index (χ1v) is 3.26. The van der Waals surface area contributed by atoms with Gasteiger partial charge < -0.3 is 9.94 Å². The van der Waals surface area contributed by atoms with Gasteiger partial charge in [-0.1, -0.05) is 0 Å². The second-order valence-electron chi connectivity index (χ2n) is 2.07. The van der Waals surface area contributed by atoms with Gasteiger partial charge in [0.15, 0.2) is 6.20 Å². The van der Waals surface area contributed by atoms with Gasteiger partial charge in [0.05, 0.1) is 7.11 Å². The van der Waals surface area contributed by atoms with E-state index in [2.05, 4.69) is 10.1 Å². The van der Waals surface area contributed by atoms with Crippen LogP contribution in [0.1, 0.15) is 0 Å².